The molecule has 1 aromatic rings. The van der Waals surface area contributed by atoms with E-state index in [-0.39, 0.29) is 23.6 Å². The zero-order valence-electron chi connectivity index (χ0n) is 9.26. The molecule has 1 fully saturated rings. The molecule has 88 valence electrons. The van der Waals surface area contributed by atoms with Gasteiger partial charge < -0.3 is 11.1 Å². The second kappa shape index (κ2) is 4.78. The van der Waals surface area contributed by atoms with Crippen LogP contribution in [-0.4, -0.2) is 21.9 Å². The number of anilines is 1. The maximum Gasteiger partial charge on any atom is 0.222 e. The van der Waals surface area contributed by atoms with Crippen molar-refractivity contribution in [1.29, 1.82) is 5.26 Å². The summed E-state index contributed by atoms with van der Waals surface area (Å²) in [6.07, 6.45) is 5.59. The molecule has 6 heteroatoms. The van der Waals surface area contributed by atoms with Crippen molar-refractivity contribution in [3.8, 4) is 6.07 Å². The highest BCUT2D eigenvalue weighted by atomic mass is 16.1. The van der Waals surface area contributed by atoms with Crippen LogP contribution in [0.4, 0.5) is 5.82 Å². The van der Waals surface area contributed by atoms with Crippen molar-refractivity contribution in [2.45, 2.75) is 25.3 Å². The Morgan fingerprint density at radius 2 is 2.29 bits per heavy atom. The minimum Gasteiger partial charge on any atom is -0.369 e. The number of primary amides is 1. The third-order valence-electron chi connectivity index (χ3n) is 2.98. The number of carbonyl (C=O) groups excluding carboxylic acids is 1. The van der Waals surface area contributed by atoms with E-state index >= 15 is 0 Å². The van der Waals surface area contributed by atoms with Gasteiger partial charge in [-0.3, -0.25) is 4.79 Å². The van der Waals surface area contributed by atoms with Gasteiger partial charge in [-0.15, -0.1) is 0 Å². The molecule has 1 aliphatic rings. The van der Waals surface area contributed by atoms with Gasteiger partial charge in [0.1, 0.15) is 11.9 Å². The number of carbonyl (C=O) groups is 1. The molecule has 1 saturated carbocycles. The quantitative estimate of drug-likeness (QED) is 0.784. The third kappa shape index (κ3) is 2.50. The molecule has 6 nitrogen and oxygen atoms in total. The van der Waals surface area contributed by atoms with Gasteiger partial charge >= 0.3 is 0 Å². The number of nitrogens with one attached hydrogen (secondary N) is 1. The Morgan fingerprint density at radius 3 is 2.88 bits per heavy atom. The second-order valence-electron chi connectivity index (χ2n) is 4.09. The van der Waals surface area contributed by atoms with Gasteiger partial charge in [-0.2, -0.15) is 5.26 Å². The number of aromatic nitrogens is 2. The van der Waals surface area contributed by atoms with Crippen molar-refractivity contribution in [1.82, 2.24) is 9.97 Å². The highest BCUT2D eigenvalue weighted by Gasteiger charge is 2.31. The van der Waals surface area contributed by atoms with Crippen LogP contribution in [0, 0.1) is 17.2 Å². The van der Waals surface area contributed by atoms with Gasteiger partial charge in [-0.25, -0.2) is 9.97 Å². The maximum absolute atomic E-state index is 11.2. The van der Waals surface area contributed by atoms with Gasteiger partial charge in [0, 0.05) is 6.04 Å². The molecule has 0 bridgehead atoms. The zero-order chi connectivity index (χ0) is 12.3. The molecule has 1 aliphatic carbocycles. The van der Waals surface area contributed by atoms with Crippen molar-refractivity contribution >= 4 is 11.7 Å². The monoisotopic (exact) mass is 231 g/mol. The zero-order valence-corrected chi connectivity index (χ0v) is 9.26. The van der Waals surface area contributed by atoms with E-state index in [2.05, 4.69) is 15.3 Å². The largest absolute Gasteiger partial charge is 0.369 e. The molecule has 0 radical (unpaired) electrons. The Balaban J connectivity index is 2.05. The molecule has 1 aromatic heterocycles. The molecule has 1 heterocycles. The normalized spacial score (nSPS) is 23.0. The molecule has 17 heavy (non-hydrogen) atoms. The van der Waals surface area contributed by atoms with Crippen molar-refractivity contribution in [3.05, 3.63) is 18.1 Å². The Bertz CT molecular complexity index is 450. The van der Waals surface area contributed by atoms with Gasteiger partial charge in [-0.1, -0.05) is 6.42 Å². The minimum atomic E-state index is -0.276. The first-order valence-electron chi connectivity index (χ1n) is 5.48. The van der Waals surface area contributed by atoms with E-state index in [1.165, 1.54) is 12.4 Å². The highest BCUT2D eigenvalue weighted by molar-refractivity contribution is 5.78. The predicted octanol–water partition coefficient (Wildman–Crippen LogP) is 0.414. The minimum absolute atomic E-state index is 0.0229. The Kier molecular flexibility index (Phi) is 3.19. The summed E-state index contributed by atoms with van der Waals surface area (Å²) < 4.78 is 0. The average Bonchev–Trinajstić information content (AvgIpc) is 2.78. The molecule has 0 spiro atoms. The molecule has 0 aromatic carbocycles. The Hall–Kier alpha value is -2.16. The van der Waals surface area contributed by atoms with E-state index < -0.39 is 0 Å². The summed E-state index contributed by atoms with van der Waals surface area (Å²) in [6, 6.07) is 1.92. The highest BCUT2D eigenvalue weighted by Crippen LogP contribution is 2.27. The maximum atomic E-state index is 11.2. The Morgan fingerprint density at radius 1 is 1.47 bits per heavy atom. The number of nitrogens with zero attached hydrogens (tertiary/aromatic N) is 3. The van der Waals surface area contributed by atoms with E-state index in [4.69, 9.17) is 11.0 Å². The molecule has 2 rings (SSSR count). The van der Waals surface area contributed by atoms with Crippen LogP contribution >= 0.6 is 0 Å². The first kappa shape index (κ1) is 11.3. The van der Waals surface area contributed by atoms with Crippen molar-refractivity contribution < 1.29 is 4.79 Å². The Labute approximate surface area is 98.9 Å². The first-order chi connectivity index (χ1) is 8.20. The topological polar surface area (TPSA) is 105 Å². The summed E-state index contributed by atoms with van der Waals surface area (Å²) in [7, 11) is 0. The molecule has 2 unspecified atom stereocenters. The fourth-order valence-corrected chi connectivity index (χ4v) is 2.12. The van der Waals surface area contributed by atoms with Crippen LogP contribution in [-0.2, 0) is 4.79 Å². The lowest BCUT2D eigenvalue weighted by atomic mass is 10.0. The lowest BCUT2D eigenvalue weighted by Crippen LogP contribution is -2.34. The summed E-state index contributed by atoms with van der Waals surface area (Å²) in [5, 5.41) is 11.7. The van der Waals surface area contributed by atoms with Crippen LogP contribution in [0.5, 0.6) is 0 Å². The summed E-state index contributed by atoms with van der Waals surface area (Å²) >= 11 is 0. The molecular formula is C11H13N5O. The van der Waals surface area contributed by atoms with Crippen LogP contribution in [0.2, 0.25) is 0 Å². The second-order valence-corrected chi connectivity index (χ2v) is 4.09. The van der Waals surface area contributed by atoms with Crippen LogP contribution < -0.4 is 11.1 Å². The number of hydrogen-bond donors (Lipinski definition) is 2. The fraction of sp³-hybridized carbons (Fsp3) is 0.455. The van der Waals surface area contributed by atoms with Crippen LogP contribution in [0.3, 0.4) is 0 Å². The van der Waals surface area contributed by atoms with E-state index in [1.54, 1.807) is 0 Å². The van der Waals surface area contributed by atoms with Crippen molar-refractivity contribution in [2.24, 2.45) is 11.7 Å². The van der Waals surface area contributed by atoms with Crippen molar-refractivity contribution in [2.75, 3.05) is 5.32 Å². The summed E-state index contributed by atoms with van der Waals surface area (Å²) in [6.45, 7) is 0. The van der Waals surface area contributed by atoms with Gasteiger partial charge in [0.2, 0.25) is 5.91 Å². The van der Waals surface area contributed by atoms with E-state index in [1.807, 2.05) is 6.07 Å². The van der Waals surface area contributed by atoms with Gasteiger partial charge in [-0.05, 0) is 12.8 Å². The number of nitriles is 1. The fourth-order valence-electron chi connectivity index (χ4n) is 2.12. The van der Waals surface area contributed by atoms with E-state index in [0.29, 0.717) is 5.82 Å². The molecule has 0 saturated heterocycles. The molecule has 3 N–H and O–H groups in total. The number of hydrogen-bond acceptors (Lipinski definition) is 5. The van der Waals surface area contributed by atoms with Gasteiger partial charge in [0.15, 0.2) is 5.69 Å². The average molecular weight is 231 g/mol. The predicted molar refractivity (Wildman–Crippen MR) is 60.7 cm³/mol. The van der Waals surface area contributed by atoms with Gasteiger partial charge in [0.25, 0.3) is 0 Å². The number of nitrogens with two attached hydrogens (primary N) is 1. The standard InChI is InChI=1S/C11H13N5O/c12-4-7-5-15-10(6-14-7)16-9-3-1-2-8(9)11(13)17/h5-6,8-9H,1-3H2,(H2,13,17)(H,15,16). The smallest absolute Gasteiger partial charge is 0.222 e. The lowest BCUT2D eigenvalue weighted by molar-refractivity contribution is -0.121. The molecular weight excluding hydrogens is 218 g/mol. The lowest BCUT2D eigenvalue weighted by Gasteiger charge is -2.18. The van der Waals surface area contributed by atoms with E-state index in [9.17, 15) is 4.79 Å². The van der Waals surface area contributed by atoms with E-state index in [0.717, 1.165) is 19.3 Å². The third-order valence-corrected chi connectivity index (χ3v) is 2.98. The van der Waals surface area contributed by atoms with Crippen LogP contribution in [0.25, 0.3) is 0 Å². The molecule has 0 aliphatic heterocycles. The van der Waals surface area contributed by atoms with Gasteiger partial charge in [0.05, 0.1) is 18.3 Å². The molecule has 2 atom stereocenters. The summed E-state index contributed by atoms with van der Waals surface area (Å²) in [5.74, 6) is 0.149. The molecule has 1 amide bonds. The summed E-state index contributed by atoms with van der Waals surface area (Å²) in [4.78, 5) is 19.2. The van der Waals surface area contributed by atoms with Crippen molar-refractivity contribution in [3.63, 3.8) is 0 Å². The summed E-state index contributed by atoms with van der Waals surface area (Å²) in [5.41, 5.74) is 5.60. The van der Waals surface area contributed by atoms with Crippen LogP contribution in [0.15, 0.2) is 12.4 Å². The number of amides is 1. The van der Waals surface area contributed by atoms with Crippen LogP contribution in [0.1, 0.15) is 25.0 Å². The SMILES string of the molecule is N#Cc1cnc(NC2CCCC2C(N)=O)cn1. The number of rotatable bonds is 3. The first-order valence-corrected chi connectivity index (χ1v) is 5.48.